The standard InChI is InChI=1S/C20H16Cl10N2S2/c21-9-11(23)15(27)19(16(28)12(9)24)33-31-7-3-1-2-4-8(6-5-7)32-34-20-17(29)13(25)10(22)14(26)18(20)30/h7-8,31-32H,1-6H2. The summed E-state index contributed by atoms with van der Waals surface area (Å²) in [5.74, 6) is 0. The van der Waals surface area contributed by atoms with Gasteiger partial charge in [-0.2, -0.15) is 0 Å². The molecule has 1 fully saturated rings. The smallest absolute Gasteiger partial charge is 0.0809 e. The Bertz CT molecular complexity index is 927. The third kappa shape index (κ3) is 7.12. The van der Waals surface area contributed by atoms with Gasteiger partial charge < -0.3 is 0 Å². The van der Waals surface area contributed by atoms with Crippen molar-refractivity contribution in [1.29, 1.82) is 0 Å². The summed E-state index contributed by atoms with van der Waals surface area (Å²) in [4.78, 5) is 1.10. The van der Waals surface area contributed by atoms with Crippen LogP contribution in [0.1, 0.15) is 38.5 Å². The molecule has 2 N–H and O–H groups in total. The second-order valence-corrected chi connectivity index (χ2v) is 13.0. The van der Waals surface area contributed by atoms with Crippen LogP contribution in [0.3, 0.4) is 0 Å². The van der Waals surface area contributed by atoms with Gasteiger partial charge in [-0.05, 0) is 49.6 Å². The second kappa shape index (κ2) is 13.8. The molecule has 2 aromatic carbocycles. The molecular weight excluding hydrogens is 687 g/mol. The van der Waals surface area contributed by atoms with Crippen LogP contribution >= 0.6 is 140 Å². The third-order valence-corrected chi connectivity index (χ3v) is 12.3. The van der Waals surface area contributed by atoms with Gasteiger partial charge in [0.1, 0.15) is 0 Å². The molecule has 2 atom stereocenters. The summed E-state index contributed by atoms with van der Waals surface area (Å²) < 4.78 is 6.91. The Kier molecular flexibility index (Phi) is 12.4. The van der Waals surface area contributed by atoms with Crippen LogP contribution in [0.5, 0.6) is 0 Å². The number of hydrogen-bond donors (Lipinski definition) is 2. The first kappa shape index (κ1) is 30.5. The highest BCUT2D eigenvalue weighted by molar-refractivity contribution is 7.98. The highest BCUT2D eigenvalue weighted by Gasteiger charge is 2.24. The van der Waals surface area contributed by atoms with E-state index in [9.17, 15) is 0 Å². The predicted octanol–water partition coefficient (Wildman–Crippen LogP) is 12.2. The van der Waals surface area contributed by atoms with E-state index in [4.69, 9.17) is 116 Å². The molecule has 1 aliphatic carbocycles. The summed E-state index contributed by atoms with van der Waals surface area (Å²) in [5.41, 5.74) is 0. The Morgan fingerprint density at radius 1 is 0.412 bits per heavy atom. The Morgan fingerprint density at radius 2 is 0.676 bits per heavy atom. The first-order chi connectivity index (χ1) is 16.0. The van der Waals surface area contributed by atoms with Crippen molar-refractivity contribution in [2.45, 2.75) is 60.4 Å². The van der Waals surface area contributed by atoms with Crippen LogP contribution in [0.4, 0.5) is 0 Å². The van der Waals surface area contributed by atoms with E-state index in [2.05, 4.69) is 9.44 Å². The van der Waals surface area contributed by atoms with E-state index in [-0.39, 0.29) is 62.3 Å². The van der Waals surface area contributed by atoms with Crippen molar-refractivity contribution in [1.82, 2.24) is 9.44 Å². The Hall–Kier alpha value is 1.96. The van der Waals surface area contributed by atoms with Gasteiger partial charge in [0.25, 0.3) is 0 Å². The van der Waals surface area contributed by atoms with Crippen molar-refractivity contribution < 1.29 is 0 Å². The summed E-state index contributed by atoms with van der Waals surface area (Å²) >= 11 is 64.9. The molecule has 0 heterocycles. The van der Waals surface area contributed by atoms with E-state index < -0.39 is 0 Å². The van der Waals surface area contributed by atoms with Gasteiger partial charge in [-0.25, -0.2) is 0 Å². The minimum absolute atomic E-state index is 0.142. The molecule has 3 rings (SSSR count). The monoisotopic (exact) mass is 698 g/mol. The average molecular weight is 703 g/mol. The minimum Gasteiger partial charge on any atom is -0.257 e. The van der Waals surface area contributed by atoms with E-state index in [1.807, 2.05) is 0 Å². The lowest BCUT2D eigenvalue weighted by Crippen LogP contribution is -2.31. The van der Waals surface area contributed by atoms with Crippen molar-refractivity contribution >= 4 is 140 Å². The van der Waals surface area contributed by atoms with Gasteiger partial charge in [0.05, 0.1) is 60.0 Å². The highest BCUT2D eigenvalue weighted by atomic mass is 35.5. The van der Waals surface area contributed by atoms with Gasteiger partial charge in [0.2, 0.25) is 0 Å². The molecule has 2 nitrogen and oxygen atoms in total. The van der Waals surface area contributed by atoms with Crippen molar-refractivity contribution in [2.75, 3.05) is 0 Å². The molecule has 1 saturated carbocycles. The first-order valence-corrected chi connectivity index (χ1v) is 15.3. The number of benzene rings is 2. The molecule has 188 valence electrons. The molecule has 0 radical (unpaired) electrons. The fraction of sp³-hybridized carbons (Fsp3) is 0.400. The van der Waals surface area contributed by atoms with Gasteiger partial charge in [-0.3, -0.25) is 9.44 Å². The van der Waals surface area contributed by atoms with Gasteiger partial charge in [-0.1, -0.05) is 129 Å². The molecule has 14 heteroatoms. The van der Waals surface area contributed by atoms with Crippen molar-refractivity contribution in [2.24, 2.45) is 0 Å². The quantitative estimate of drug-likeness (QED) is 0.178. The van der Waals surface area contributed by atoms with Crippen LogP contribution < -0.4 is 9.44 Å². The lowest BCUT2D eigenvalue weighted by Gasteiger charge is -2.26. The van der Waals surface area contributed by atoms with Crippen molar-refractivity contribution in [3.63, 3.8) is 0 Å². The SMILES string of the molecule is Clc1c(Cl)c(Cl)c(SNC2CCCCC(NSc3c(Cl)c(Cl)c(Cl)c(Cl)c3Cl)CC2)c(Cl)c1Cl. The molecule has 0 aliphatic heterocycles. The molecule has 1 aliphatic rings. The minimum atomic E-state index is 0.142. The van der Waals surface area contributed by atoms with E-state index in [0.29, 0.717) is 9.79 Å². The van der Waals surface area contributed by atoms with Crippen molar-refractivity contribution in [3.05, 3.63) is 50.2 Å². The Labute approximate surface area is 257 Å². The molecule has 34 heavy (non-hydrogen) atoms. The molecule has 0 spiro atoms. The zero-order valence-corrected chi connectivity index (χ0v) is 26.2. The summed E-state index contributed by atoms with van der Waals surface area (Å²) in [6.07, 6.45) is 5.97. The summed E-state index contributed by atoms with van der Waals surface area (Å²) in [6, 6.07) is 0.457. The maximum absolute atomic E-state index is 6.35. The van der Waals surface area contributed by atoms with Gasteiger partial charge in [0.15, 0.2) is 0 Å². The topological polar surface area (TPSA) is 24.1 Å². The molecular formula is C20H16Cl10N2S2. The van der Waals surface area contributed by atoms with Crippen LogP contribution in [0, 0.1) is 0 Å². The Balaban J connectivity index is 1.62. The summed E-state index contributed by atoms with van der Waals surface area (Å²) in [5, 5.41) is 2.10. The predicted molar refractivity (Wildman–Crippen MR) is 156 cm³/mol. The fourth-order valence-corrected chi connectivity index (χ4v) is 8.11. The highest BCUT2D eigenvalue weighted by Crippen LogP contribution is 2.48. The van der Waals surface area contributed by atoms with E-state index in [0.717, 1.165) is 38.5 Å². The van der Waals surface area contributed by atoms with Crippen LogP contribution in [0.15, 0.2) is 9.79 Å². The molecule has 2 unspecified atom stereocenters. The number of hydrogen-bond acceptors (Lipinski definition) is 4. The first-order valence-electron chi connectivity index (χ1n) is 9.92. The van der Waals surface area contributed by atoms with Crippen LogP contribution in [-0.4, -0.2) is 12.1 Å². The second-order valence-electron chi connectivity index (χ2n) is 7.49. The molecule has 0 saturated heterocycles. The van der Waals surface area contributed by atoms with Gasteiger partial charge in [0, 0.05) is 12.1 Å². The van der Waals surface area contributed by atoms with Gasteiger partial charge >= 0.3 is 0 Å². The normalized spacial score (nSPS) is 19.2. The molecule has 2 aromatic rings. The average Bonchev–Trinajstić information content (AvgIpc) is 2.81. The van der Waals surface area contributed by atoms with Crippen LogP contribution in [-0.2, 0) is 0 Å². The maximum atomic E-state index is 6.35. The number of halogens is 10. The lowest BCUT2D eigenvalue weighted by atomic mass is 9.94. The van der Waals surface area contributed by atoms with E-state index >= 15 is 0 Å². The fourth-order valence-electron chi connectivity index (χ4n) is 3.34. The van der Waals surface area contributed by atoms with E-state index in [1.54, 1.807) is 0 Å². The Morgan fingerprint density at radius 3 is 0.971 bits per heavy atom. The zero-order valence-electron chi connectivity index (χ0n) is 17.0. The molecule has 0 aromatic heterocycles. The number of rotatable bonds is 6. The van der Waals surface area contributed by atoms with Crippen LogP contribution in [0.25, 0.3) is 0 Å². The largest absolute Gasteiger partial charge is 0.257 e. The molecule has 0 bridgehead atoms. The lowest BCUT2D eigenvalue weighted by molar-refractivity contribution is 0.393. The molecule has 0 amide bonds. The zero-order chi connectivity index (χ0) is 25.2. The summed E-state index contributed by atoms with van der Waals surface area (Å²) in [6.45, 7) is 0. The van der Waals surface area contributed by atoms with E-state index in [1.165, 1.54) is 23.9 Å². The summed E-state index contributed by atoms with van der Waals surface area (Å²) in [7, 11) is 0. The number of nitrogens with one attached hydrogen (secondary N) is 2. The maximum Gasteiger partial charge on any atom is 0.0809 e. The van der Waals surface area contributed by atoms with Crippen molar-refractivity contribution in [3.8, 4) is 0 Å². The van der Waals surface area contributed by atoms with Crippen LogP contribution in [0.2, 0.25) is 50.2 Å². The van der Waals surface area contributed by atoms with Gasteiger partial charge in [-0.15, -0.1) is 0 Å². The third-order valence-electron chi connectivity index (χ3n) is 5.21.